The lowest BCUT2D eigenvalue weighted by atomic mass is 10.1. The van der Waals surface area contributed by atoms with Gasteiger partial charge in [-0.15, -0.1) is 12.4 Å². The van der Waals surface area contributed by atoms with Crippen LogP contribution in [0.5, 0.6) is 0 Å². The number of ether oxygens (including phenoxy) is 1. The summed E-state index contributed by atoms with van der Waals surface area (Å²) in [6.45, 7) is 7.67. The second-order valence-corrected chi connectivity index (χ2v) is 4.63. The lowest BCUT2D eigenvalue weighted by molar-refractivity contribution is -0.0888. The van der Waals surface area contributed by atoms with Gasteiger partial charge in [0, 0.05) is 13.1 Å². The van der Waals surface area contributed by atoms with Crippen molar-refractivity contribution in [2.45, 2.75) is 32.5 Å². The molecule has 0 unspecified atom stereocenters. The number of nitrogens with two attached hydrogens (primary N) is 1. The van der Waals surface area contributed by atoms with Crippen molar-refractivity contribution in [1.29, 1.82) is 0 Å². The van der Waals surface area contributed by atoms with E-state index in [2.05, 4.69) is 28.9 Å². The van der Waals surface area contributed by atoms with Crippen LogP contribution in [0.3, 0.4) is 0 Å². The molecule has 2 heterocycles. The van der Waals surface area contributed by atoms with Gasteiger partial charge >= 0.3 is 0 Å². The monoisotopic (exact) mass is 262 g/mol. The molecule has 1 aromatic rings. The second-order valence-electron chi connectivity index (χ2n) is 4.63. The Balaban J connectivity index is 0.00000144. The van der Waals surface area contributed by atoms with Crippen molar-refractivity contribution in [3.63, 3.8) is 0 Å². The maximum absolute atomic E-state index is 5.63. The third kappa shape index (κ3) is 3.92. The normalized spacial score (nSPS) is 19.9. The molecule has 98 valence electrons. The highest BCUT2D eigenvalue weighted by atomic mass is 35.5. The zero-order valence-electron chi connectivity index (χ0n) is 10.2. The van der Waals surface area contributed by atoms with Gasteiger partial charge in [-0.25, -0.2) is 0 Å². The van der Waals surface area contributed by atoms with Crippen molar-refractivity contribution < 1.29 is 9.26 Å². The Hall–Kier alpha value is -0.690. The Morgan fingerprint density at radius 3 is 2.82 bits per heavy atom. The Labute approximate surface area is 107 Å². The molecule has 0 spiro atoms. The van der Waals surface area contributed by atoms with Crippen LogP contribution < -0.4 is 5.73 Å². The third-order valence-electron chi connectivity index (χ3n) is 2.55. The van der Waals surface area contributed by atoms with Crippen LogP contribution in [0.25, 0.3) is 0 Å². The van der Waals surface area contributed by atoms with Gasteiger partial charge in [-0.05, 0) is 13.8 Å². The molecule has 17 heavy (non-hydrogen) atoms. The van der Waals surface area contributed by atoms with Crippen molar-refractivity contribution in [2.75, 3.05) is 19.7 Å². The molecule has 1 saturated heterocycles. The molecule has 0 bridgehead atoms. The van der Waals surface area contributed by atoms with Gasteiger partial charge in [0.2, 0.25) is 5.89 Å². The highest BCUT2D eigenvalue weighted by Gasteiger charge is 2.27. The number of rotatable bonds is 3. The molecule has 1 aliphatic heterocycles. The standard InChI is InChI=1S/C10H18N4O2.ClH/c1-10(2)7-14(3-4-15-10)6-8-12-9(5-11)16-13-8;/h3-7,11H2,1-2H3;1H. The predicted octanol–water partition coefficient (Wildman–Crippen LogP) is 0.561. The molecular formula is C10H19ClN4O2. The first-order valence-corrected chi connectivity index (χ1v) is 5.47. The van der Waals surface area contributed by atoms with E-state index in [4.69, 9.17) is 15.0 Å². The van der Waals surface area contributed by atoms with Gasteiger partial charge in [0.15, 0.2) is 5.82 Å². The number of hydrogen-bond donors (Lipinski definition) is 1. The summed E-state index contributed by atoms with van der Waals surface area (Å²) in [5.41, 5.74) is 5.31. The molecule has 1 aromatic heterocycles. The first-order chi connectivity index (χ1) is 7.59. The van der Waals surface area contributed by atoms with Gasteiger partial charge in [0.05, 0.1) is 25.3 Å². The smallest absolute Gasteiger partial charge is 0.240 e. The highest BCUT2D eigenvalue weighted by Crippen LogP contribution is 2.17. The number of aromatic nitrogens is 2. The van der Waals surface area contributed by atoms with E-state index >= 15 is 0 Å². The Morgan fingerprint density at radius 1 is 1.47 bits per heavy atom. The summed E-state index contributed by atoms with van der Waals surface area (Å²) in [6.07, 6.45) is 0. The first-order valence-electron chi connectivity index (χ1n) is 5.47. The maximum Gasteiger partial charge on any atom is 0.240 e. The summed E-state index contributed by atoms with van der Waals surface area (Å²) in [6, 6.07) is 0. The van der Waals surface area contributed by atoms with Crippen LogP contribution in [-0.4, -0.2) is 40.3 Å². The molecule has 0 saturated carbocycles. The highest BCUT2D eigenvalue weighted by molar-refractivity contribution is 5.85. The fraction of sp³-hybridized carbons (Fsp3) is 0.800. The summed E-state index contributed by atoms with van der Waals surface area (Å²) in [4.78, 5) is 6.44. The minimum atomic E-state index is -0.0985. The fourth-order valence-corrected chi connectivity index (χ4v) is 1.89. The maximum atomic E-state index is 5.63. The van der Waals surface area contributed by atoms with E-state index in [1.54, 1.807) is 0 Å². The molecule has 0 aliphatic carbocycles. The molecule has 7 heteroatoms. The van der Waals surface area contributed by atoms with Crippen LogP contribution in [-0.2, 0) is 17.8 Å². The lowest BCUT2D eigenvalue weighted by Gasteiger charge is -2.37. The van der Waals surface area contributed by atoms with Gasteiger partial charge in [-0.2, -0.15) is 4.98 Å². The van der Waals surface area contributed by atoms with Crippen LogP contribution in [0, 0.1) is 0 Å². The van der Waals surface area contributed by atoms with Gasteiger partial charge in [0.1, 0.15) is 0 Å². The molecule has 0 aromatic carbocycles. The lowest BCUT2D eigenvalue weighted by Crippen LogP contribution is -2.47. The van der Waals surface area contributed by atoms with E-state index < -0.39 is 0 Å². The van der Waals surface area contributed by atoms with Crippen LogP contribution in [0.2, 0.25) is 0 Å². The topological polar surface area (TPSA) is 77.4 Å². The summed E-state index contributed by atoms with van der Waals surface area (Å²) < 4.78 is 10.6. The van der Waals surface area contributed by atoms with Crippen molar-refractivity contribution in [1.82, 2.24) is 15.0 Å². The van der Waals surface area contributed by atoms with E-state index in [9.17, 15) is 0 Å². The zero-order valence-corrected chi connectivity index (χ0v) is 11.0. The minimum Gasteiger partial charge on any atom is -0.373 e. The summed E-state index contributed by atoms with van der Waals surface area (Å²) in [7, 11) is 0. The molecule has 6 nitrogen and oxygen atoms in total. The van der Waals surface area contributed by atoms with Crippen molar-refractivity contribution in [2.24, 2.45) is 5.73 Å². The Bertz CT molecular complexity index is 356. The summed E-state index contributed by atoms with van der Waals surface area (Å²) in [5.74, 6) is 1.18. The minimum absolute atomic E-state index is 0. The molecular weight excluding hydrogens is 244 g/mol. The SMILES string of the molecule is CC1(C)CN(Cc2noc(CN)n2)CCO1.Cl. The van der Waals surface area contributed by atoms with E-state index in [1.807, 2.05) is 0 Å². The zero-order chi connectivity index (χ0) is 11.6. The van der Waals surface area contributed by atoms with Crippen molar-refractivity contribution in [3.8, 4) is 0 Å². The average Bonchev–Trinajstić information content (AvgIpc) is 2.64. The second kappa shape index (κ2) is 5.77. The molecule has 1 fully saturated rings. The van der Waals surface area contributed by atoms with E-state index in [1.165, 1.54) is 0 Å². The quantitative estimate of drug-likeness (QED) is 0.858. The van der Waals surface area contributed by atoms with Crippen LogP contribution in [0.4, 0.5) is 0 Å². The van der Waals surface area contributed by atoms with E-state index in [0.717, 1.165) is 19.7 Å². The van der Waals surface area contributed by atoms with E-state index in [0.29, 0.717) is 24.8 Å². The van der Waals surface area contributed by atoms with Crippen LogP contribution in [0.15, 0.2) is 4.52 Å². The molecule has 0 atom stereocenters. The number of hydrogen-bond acceptors (Lipinski definition) is 6. The fourth-order valence-electron chi connectivity index (χ4n) is 1.89. The summed E-state index contributed by atoms with van der Waals surface area (Å²) >= 11 is 0. The Morgan fingerprint density at radius 2 is 2.24 bits per heavy atom. The van der Waals surface area contributed by atoms with Gasteiger partial charge in [-0.3, -0.25) is 4.90 Å². The van der Waals surface area contributed by atoms with Crippen molar-refractivity contribution in [3.05, 3.63) is 11.7 Å². The average molecular weight is 263 g/mol. The van der Waals surface area contributed by atoms with Crippen LogP contribution in [0.1, 0.15) is 25.6 Å². The Kier molecular flexibility index (Phi) is 4.88. The molecule has 2 N–H and O–H groups in total. The van der Waals surface area contributed by atoms with Gasteiger partial charge < -0.3 is 15.0 Å². The molecule has 0 radical (unpaired) electrons. The first kappa shape index (κ1) is 14.4. The number of halogens is 1. The van der Waals surface area contributed by atoms with Crippen LogP contribution >= 0.6 is 12.4 Å². The molecule has 2 rings (SSSR count). The van der Waals surface area contributed by atoms with Gasteiger partial charge in [0.25, 0.3) is 0 Å². The number of morpholine rings is 1. The molecule has 0 amide bonds. The third-order valence-corrected chi connectivity index (χ3v) is 2.55. The van der Waals surface area contributed by atoms with Crippen molar-refractivity contribution >= 4 is 12.4 Å². The number of nitrogens with zero attached hydrogens (tertiary/aromatic N) is 3. The van der Waals surface area contributed by atoms with Gasteiger partial charge in [-0.1, -0.05) is 5.16 Å². The molecule has 1 aliphatic rings. The summed E-state index contributed by atoms with van der Waals surface area (Å²) in [5, 5.41) is 3.88. The predicted molar refractivity (Wildman–Crippen MR) is 64.7 cm³/mol. The largest absolute Gasteiger partial charge is 0.373 e. The van der Waals surface area contributed by atoms with E-state index in [-0.39, 0.29) is 18.0 Å².